The molecule has 2 amide bonds. The van der Waals surface area contributed by atoms with Crippen molar-refractivity contribution in [2.24, 2.45) is 5.92 Å². The summed E-state index contributed by atoms with van der Waals surface area (Å²) in [6, 6.07) is 4.90. The molecule has 3 rings (SSSR count). The van der Waals surface area contributed by atoms with Crippen molar-refractivity contribution in [2.45, 2.75) is 25.7 Å². The molecule has 1 aromatic rings. The van der Waals surface area contributed by atoms with Crippen LogP contribution in [-0.2, 0) is 4.79 Å². The summed E-state index contributed by atoms with van der Waals surface area (Å²) >= 11 is 12.0. The molecule has 5 nitrogen and oxygen atoms in total. The number of halogens is 3. The molecule has 2 heterocycles. The molecule has 2 aliphatic rings. The number of benzene rings is 1. The van der Waals surface area contributed by atoms with Gasteiger partial charge in [-0.2, -0.15) is 0 Å². The Morgan fingerprint density at radius 2 is 1.67 bits per heavy atom. The molecule has 0 aromatic heterocycles. The van der Waals surface area contributed by atoms with Crippen LogP contribution in [0.1, 0.15) is 36.0 Å². The Morgan fingerprint density at radius 3 is 2.30 bits per heavy atom. The van der Waals surface area contributed by atoms with Gasteiger partial charge in [0.2, 0.25) is 5.91 Å². The molecule has 0 radical (unpaired) electrons. The van der Waals surface area contributed by atoms with Crippen molar-refractivity contribution in [1.29, 1.82) is 0 Å². The maximum absolute atomic E-state index is 12.6. The van der Waals surface area contributed by atoms with Crippen LogP contribution in [0, 0.1) is 5.92 Å². The van der Waals surface area contributed by atoms with E-state index in [1.54, 1.807) is 23.1 Å². The summed E-state index contributed by atoms with van der Waals surface area (Å²) in [4.78, 5) is 28.7. The first-order chi connectivity index (χ1) is 12.5. The van der Waals surface area contributed by atoms with Crippen molar-refractivity contribution >= 4 is 47.4 Å². The van der Waals surface area contributed by atoms with E-state index in [-0.39, 0.29) is 24.2 Å². The Morgan fingerprint density at radius 1 is 1.04 bits per heavy atom. The van der Waals surface area contributed by atoms with E-state index in [4.69, 9.17) is 23.2 Å². The van der Waals surface area contributed by atoms with Crippen LogP contribution >= 0.6 is 35.6 Å². The predicted octanol–water partition coefficient (Wildman–Crippen LogP) is 3.48. The van der Waals surface area contributed by atoms with Crippen LogP contribution in [0.3, 0.4) is 0 Å². The minimum absolute atomic E-state index is 0. The average molecular weight is 435 g/mol. The van der Waals surface area contributed by atoms with Crippen LogP contribution in [0.25, 0.3) is 0 Å². The van der Waals surface area contributed by atoms with Crippen LogP contribution in [0.4, 0.5) is 0 Å². The van der Waals surface area contributed by atoms with Gasteiger partial charge in [0.25, 0.3) is 5.91 Å². The van der Waals surface area contributed by atoms with E-state index in [0.29, 0.717) is 54.1 Å². The van der Waals surface area contributed by atoms with E-state index in [0.717, 1.165) is 32.4 Å². The van der Waals surface area contributed by atoms with Crippen LogP contribution in [0.2, 0.25) is 10.0 Å². The lowest BCUT2D eigenvalue weighted by Gasteiger charge is -2.35. The quantitative estimate of drug-likeness (QED) is 0.789. The molecule has 2 saturated heterocycles. The Bertz CT molecular complexity index is 658. The minimum Gasteiger partial charge on any atom is -0.339 e. The highest BCUT2D eigenvalue weighted by atomic mass is 35.5. The fraction of sp³-hybridized carbons (Fsp3) is 0.579. The molecule has 27 heavy (non-hydrogen) atoms. The number of hydrogen-bond donors (Lipinski definition) is 1. The maximum atomic E-state index is 12.6. The number of nitrogens with one attached hydrogen (secondary N) is 1. The number of piperidine rings is 1. The number of hydrogen-bond acceptors (Lipinski definition) is 3. The summed E-state index contributed by atoms with van der Waals surface area (Å²) in [5.74, 6) is 0.767. The summed E-state index contributed by atoms with van der Waals surface area (Å²) in [5.41, 5.74) is 0.460. The molecule has 0 unspecified atom stereocenters. The zero-order valence-corrected chi connectivity index (χ0v) is 17.6. The molecule has 0 spiro atoms. The van der Waals surface area contributed by atoms with Gasteiger partial charge in [0, 0.05) is 37.6 Å². The van der Waals surface area contributed by atoms with Gasteiger partial charge in [-0.05, 0) is 56.5 Å². The van der Waals surface area contributed by atoms with Gasteiger partial charge < -0.3 is 15.1 Å². The molecule has 2 aliphatic heterocycles. The van der Waals surface area contributed by atoms with Gasteiger partial charge in [0.15, 0.2) is 0 Å². The van der Waals surface area contributed by atoms with E-state index in [9.17, 15) is 9.59 Å². The highest BCUT2D eigenvalue weighted by Crippen LogP contribution is 2.23. The molecule has 1 aromatic carbocycles. The summed E-state index contributed by atoms with van der Waals surface area (Å²) in [6.07, 6.45) is 3.91. The summed E-state index contributed by atoms with van der Waals surface area (Å²) in [5, 5.41) is 4.23. The van der Waals surface area contributed by atoms with E-state index in [2.05, 4.69) is 5.32 Å². The molecular formula is C19H26Cl3N3O2. The SMILES string of the molecule is Cl.O=C(CCC1CCNCC1)N1CCN(C(=O)c2ccc(Cl)cc2Cl)CC1. The first kappa shape index (κ1) is 22.3. The number of carbonyl (C=O) groups is 2. The number of piperazine rings is 1. The number of carbonyl (C=O) groups excluding carboxylic acids is 2. The summed E-state index contributed by atoms with van der Waals surface area (Å²) in [7, 11) is 0. The molecule has 8 heteroatoms. The molecule has 0 saturated carbocycles. The molecule has 0 aliphatic carbocycles. The number of amides is 2. The fourth-order valence-corrected chi connectivity index (χ4v) is 4.14. The van der Waals surface area contributed by atoms with Crippen molar-refractivity contribution in [3.63, 3.8) is 0 Å². The lowest BCUT2D eigenvalue weighted by atomic mass is 9.93. The minimum atomic E-state index is -0.103. The first-order valence-corrected chi connectivity index (χ1v) is 10.0. The van der Waals surface area contributed by atoms with E-state index in [1.807, 2.05) is 4.90 Å². The summed E-state index contributed by atoms with van der Waals surface area (Å²) in [6.45, 7) is 4.37. The van der Waals surface area contributed by atoms with Crippen LogP contribution in [0.5, 0.6) is 0 Å². The van der Waals surface area contributed by atoms with E-state index in [1.165, 1.54) is 0 Å². The van der Waals surface area contributed by atoms with Gasteiger partial charge in [-0.25, -0.2) is 0 Å². The van der Waals surface area contributed by atoms with Crippen LogP contribution in [-0.4, -0.2) is 60.9 Å². The predicted molar refractivity (Wildman–Crippen MR) is 111 cm³/mol. The van der Waals surface area contributed by atoms with Gasteiger partial charge in [-0.15, -0.1) is 12.4 Å². The van der Waals surface area contributed by atoms with Gasteiger partial charge >= 0.3 is 0 Å². The van der Waals surface area contributed by atoms with Crippen molar-refractivity contribution in [1.82, 2.24) is 15.1 Å². The third kappa shape index (κ3) is 5.98. The highest BCUT2D eigenvalue weighted by Gasteiger charge is 2.26. The molecule has 2 fully saturated rings. The normalized spacial score (nSPS) is 18.1. The second-order valence-electron chi connectivity index (χ2n) is 7.03. The third-order valence-corrected chi connectivity index (χ3v) is 5.85. The lowest BCUT2D eigenvalue weighted by Crippen LogP contribution is -2.50. The van der Waals surface area contributed by atoms with E-state index < -0.39 is 0 Å². The Labute approximate surface area is 176 Å². The standard InChI is InChI=1S/C19H25Cl2N3O2.ClH/c20-15-2-3-16(17(21)13-15)19(26)24-11-9-23(10-12-24)18(25)4-1-14-5-7-22-8-6-14;/h2-3,13-14,22H,1,4-12H2;1H. The average Bonchev–Trinajstić information content (AvgIpc) is 2.66. The largest absolute Gasteiger partial charge is 0.339 e. The number of rotatable bonds is 4. The topological polar surface area (TPSA) is 52.7 Å². The molecule has 150 valence electrons. The summed E-state index contributed by atoms with van der Waals surface area (Å²) < 4.78 is 0. The second-order valence-corrected chi connectivity index (χ2v) is 7.87. The van der Waals surface area contributed by atoms with Gasteiger partial charge in [0.05, 0.1) is 10.6 Å². The molecule has 0 atom stereocenters. The zero-order chi connectivity index (χ0) is 18.5. The van der Waals surface area contributed by atoms with Crippen LogP contribution < -0.4 is 5.32 Å². The maximum Gasteiger partial charge on any atom is 0.255 e. The van der Waals surface area contributed by atoms with Gasteiger partial charge in [-0.3, -0.25) is 9.59 Å². The Balaban J connectivity index is 0.00000261. The van der Waals surface area contributed by atoms with Crippen molar-refractivity contribution < 1.29 is 9.59 Å². The Kier molecular flexibility index (Phi) is 8.67. The Hall–Kier alpha value is -1.01. The highest BCUT2D eigenvalue weighted by molar-refractivity contribution is 6.36. The third-order valence-electron chi connectivity index (χ3n) is 5.31. The smallest absolute Gasteiger partial charge is 0.255 e. The van der Waals surface area contributed by atoms with E-state index >= 15 is 0 Å². The monoisotopic (exact) mass is 433 g/mol. The fourth-order valence-electron chi connectivity index (χ4n) is 3.65. The second kappa shape index (κ2) is 10.5. The molecular weight excluding hydrogens is 409 g/mol. The van der Waals surface area contributed by atoms with Crippen molar-refractivity contribution in [3.05, 3.63) is 33.8 Å². The van der Waals surface area contributed by atoms with Gasteiger partial charge in [-0.1, -0.05) is 23.2 Å². The molecule has 1 N–H and O–H groups in total. The molecule has 0 bridgehead atoms. The van der Waals surface area contributed by atoms with Crippen molar-refractivity contribution in [2.75, 3.05) is 39.3 Å². The van der Waals surface area contributed by atoms with Gasteiger partial charge in [0.1, 0.15) is 0 Å². The number of nitrogens with zero attached hydrogens (tertiary/aromatic N) is 2. The zero-order valence-electron chi connectivity index (χ0n) is 15.3. The van der Waals surface area contributed by atoms with Crippen LogP contribution in [0.15, 0.2) is 18.2 Å². The van der Waals surface area contributed by atoms with Crippen molar-refractivity contribution in [3.8, 4) is 0 Å². The lowest BCUT2D eigenvalue weighted by molar-refractivity contribution is -0.133. The first-order valence-electron chi connectivity index (χ1n) is 9.27.